The Morgan fingerprint density at radius 1 is 0.148 bits per heavy atom. The molecule has 0 aromatic heterocycles. The Bertz CT molecular complexity index is 3250. The van der Waals surface area contributed by atoms with Gasteiger partial charge in [-0.1, -0.05) is 122 Å². The summed E-state index contributed by atoms with van der Waals surface area (Å²) < 4.78 is 275. The van der Waals surface area contributed by atoms with E-state index in [0.29, 0.717) is 119 Å². The molecule has 10 atom stereocenters. The summed E-state index contributed by atoms with van der Waals surface area (Å²) >= 11 is 0. The van der Waals surface area contributed by atoms with Gasteiger partial charge in [-0.2, -0.15) is 0 Å². The Morgan fingerprint density at radius 2 is 0.267 bits per heavy atom. The van der Waals surface area contributed by atoms with Gasteiger partial charge in [0.05, 0.1) is 119 Å². The number of hydrogen-bond donors (Lipinski definition) is 6. The average Bonchev–Trinajstić information content (AvgIpc) is 0.941. The largest absolute Gasteiger partial charge is 0.327 e. The Morgan fingerprint density at radius 3 is 0.385 bits per heavy atom. The summed E-state index contributed by atoms with van der Waals surface area (Å²) in [6.45, 7) is 63.5. The van der Waals surface area contributed by atoms with Gasteiger partial charge in [-0.25, -0.2) is 0 Å². The first-order chi connectivity index (χ1) is 61.5. The Labute approximate surface area is 817 Å². The zero-order valence-electron chi connectivity index (χ0n) is 89.8. The van der Waals surface area contributed by atoms with E-state index in [1.165, 1.54) is 116 Å². The van der Waals surface area contributed by atoms with Crippen LogP contribution in [0.2, 0.25) is 0 Å². The highest BCUT2D eigenvalue weighted by molar-refractivity contribution is 7.56. The highest BCUT2D eigenvalue weighted by atomic mass is 31.2. The molecule has 0 aliphatic heterocycles. The van der Waals surface area contributed by atoms with Gasteiger partial charge >= 0.3 is 114 Å². The van der Waals surface area contributed by atoms with Gasteiger partial charge in [-0.3, -0.25) is 68.5 Å². The number of hydrogen-bond acceptors (Lipinski definition) is 39. The molecule has 0 aliphatic carbocycles. The highest BCUT2D eigenvalue weighted by Gasteiger charge is 2.21. The third-order valence-corrected chi connectivity index (χ3v) is 28.5. The van der Waals surface area contributed by atoms with E-state index < -0.39 is 114 Å². The smallest absolute Gasteiger partial charge is 0.325 e. The minimum Gasteiger partial charge on any atom is -0.325 e. The van der Waals surface area contributed by atoms with Crippen molar-refractivity contribution in [2.75, 3.05) is 262 Å². The van der Waals surface area contributed by atoms with Crippen molar-refractivity contribution in [3.8, 4) is 0 Å². The SMILES string of the molecule is CCCCOP(C)(=O)O.CCCCOP(C)(=O)OC.CCCCOP(C)(=O)OCC.CCCCOP(C)(=O)OCCC.CCCCOP(C)(=O)OCCCC.CCCOP(C)(=O)O.CCCOP(C)(=O)OC.CCCOP(C)(=O)OCC.CCCOP(C)(=O)OCCC.CCOP(C)(=O)O.CCOP(C)(=O)OC.CCOP(C)(=O)OCC.COP(C)(=O)O.COP(C)(=O)OC.CP(=O)(O)O. The van der Waals surface area contributed by atoms with Gasteiger partial charge in [0, 0.05) is 143 Å². The first-order valence-corrected chi connectivity index (χ1v) is 74.5. The fourth-order valence-electron chi connectivity index (χ4n) is 5.67. The zero-order valence-corrected chi connectivity index (χ0v) is 103. The van der Waals surface area contributed by atoms with Crippen molar-refractivity contribution >= 4 is 114 Å². The molecule has 135 heavy (non-hydrogen) atoms. The molecule has 10 unspecified atom stereocenters. The van der Waals surface area contributed by atoms with E-state index in [2.05, 4.69) is 75.3 Å². The maximum absolute atomic E-state index is 11.5. The molecule has 0 fully saturated rings. The lowest BCUT2D eigenvalue weighted by Crippen LogP contribution is -1.97. The van der Waals surface area contributed by atoms with Crippen molar-refractivity contribution in [3.63, 3.8) is 0 Å². The molecule has 6 N–H and O–H groups in total. The van der Waals surface area contributed by atoms with E-state index in [0.717, 1.165) is 136 Å². The fourth-order valence-corrected chi connectivity index (χ4v) is 15.3. The molecule has 0 aliphatic rings. The van der Waals surface area contributed by atoms with Crippen LogP contribution in [0.25, 0.3) is 0 Å². The van der Waals surface area contributed by atoms with Gasteiger partial charge in [0.25, 0.3) is 0 Å². The van der Waals surface area contributed by atoms with Gasteiger partial charge in [0.2, 0.25) is 0 Å². The number of unbranched alkanes of at least 4 members (excludes halogenated alkanes) is 6. The van der Waals surface area contributed by atoms with E-state index >= 15 is 0 Å². The summed E-state index contributed by atoms with van der Waals surface area (Å²) in [5.74, 6) is 0. The maximum Gasteiger partial charge on any atom is 0.327 e. The van der Waals surface area contributed by atoms with Crippen LogP contribution in [0.5, 0.6) is 0 Å². The third-order valence-electron chi connectivity index (χ3n) is 12.3. The molecule has 0 bridgehead atoms. The molecule has 0 saturated carbocycles. The second-order valence-corrected chi connectivity index (χ2v) is 57.8. The average molecular weight is 2280 g/mol. The maximum atomic E-state index is 11.5. The molecule has 840 valence electrons. The van der Waals surface area contributed by atoms with Gasteiger partial charge < -0.3 is 138 Å². The Kier molecular flexibility index (Phi) is 136. The predicted octanol–water partition coefficient (Wildman–Crippen LogP) is 26.7. The molecule has 0 spiro atoms. The molecule has 0 aromatic carbocycles. The summed E-state index contributed by atoms with van der Waals surface area (Å²) in [6, 6.07) is 0. The first kappa shape index (κ1) is 170. The summed E-state index contributed by atoms with van der Waals surface area (Å²) in [4.78, 5) is 48.8. The summed E-state index contributed by atoms with van der Waals surface area (Å²) in [6.07, 6.45) is 16.9. The van der Waals surface area contributed by atoms with Gasteiger partial charge in [0.1, 0.15) is 0 Å². The van der Waals surface area contributed by atoms with Crippen molar-refractivity contribution in [2.45, 2.75) is 240 Å². The second kappa shape index (κ2) is 108. The molecule has 0 saturated heterocycles. The molecule has 60 heteroatoms. The van der Waals surface area contributed by atoms with E-state index in [-0.39, 0.29) is 0 Å². The van der Waals surface area contributed by atoms with Crippen molar-refractivity contribution in [2.24, 2.45) is 0 Å². The second-order valence-electron chi connectivity index (χ2n) is 27.5. The van der Waals surface area contributed by atoms with Crippen LogP contribution in [0.4, 0.5) is 0 Å². The summed E-state index contributed by atoms with van der Waals surface area (Å²) in [5.41, 5.74) is 0. The van der Waals surface area contributed by atoms with Crippen molar-refractivity contribution in [3.05, 3.63) is 0 Å². The lowest BCUT2D eigenvalue weighted by Gasteiger charge is -2.13. The highest BCUT2D eigenvalue weighted by Crippen LogP contribution is 2.50. The van der Waals surface area contributed by atoms with Crippen LogP contribution in [0.3, 0.4) is 0 Å². The van der Waals surface area contributed by atoms with Crippen LogP contribution in [0.1, 0.15) is 240 Å². The predicted molar refractivity (Wildman–Crippen MR) is 551 cm³/mol. The van der Waals surface area contributed by atoms with Crippen LogP contribution < -0.4 is 0 Å². The molecule has 45 nitrogen and oxygen atoms in total. The van der Waals surface area contributed by atoms with Crippen LogP contribution in [-0.2, 0) is 177 Å². The molecule has 0 aromatic rings. The fraction of sp³-hybridized carbons (Fsp3) is 1.00. The molecule has 0 rings (SSSR count). The van der Waals surface area contributed by atoms with Crippen molar-refractivity contribution in [1.29, 1.82) is 0 Å². The standard InChI is InChI=1S/C9H21O3P.C8H19O3P.2C7H17O3P.2C6H15O3P.3C5H13O3P.2C4H11O3P.2C3H9O3P.C2H7O3P.CH5O3P/c1-4-6-8-11-13(3,10)12-9-7-5-2;1-4-6-8-11-12(3,9)10-7-5-2;1-4-6-7-10-11(3,8)9-5-2;1-4-6-9-11(3,8)10-7-5-2;1-4-5-6-9-10(3,7)8-2;1-4-6-9-10(3,7)8-5-2;1-4-5-8-9(3,6)7-2;1-4-7-9(3,6)8-5-2;1-3-4-5-8-9(2,6)7;1-4-7-8(3,5)6-2;1-3-4-7-8(2,5)6;1-5-7(3,4)6-2;1-3-6-7(2,4)5;1-5-6(2,3)4;1-5(2,3)4/h4-9H2,1-3H3;4-8H2,1-3H3;2*4-7H2,1-3H3;2*4-6H2,1-3H3;2*4-5H2,1-3H3;3-5H2,1-2H3,(H,6,7);4H2,1-3H3;3-4H2,1-2H3,(H,5,6);1-3H3;3H2,1-2H3,(H,4,5);1-2H3,(H,3,4);1H3,(H2,2,3,4). The van der Waals surface area contributed by atoms with Gasteiger partial charge in [-0.15, -0.1) is 0 Å². The van der Waals surface area contributed by atoms with Crippen LogP contribution in [-0.4, -0.2) is 291 Å². The van der Waals surface area contributed by atoms with Crippen LogP contribution in [0, 0.1) is 0 Å². The van der Waals surface area contributed by atoms with Gasteiger partial charge in [0.15, 0.2) is 0 Å². The minimum atomic E-state index is -3.64. The van der Waals surface area contributed by atoms with Crippen LogP contribution >= 0.6 is 114 Å². The molecular formula is C75H195O45P15. The third kappa shape index (κ3) is 202. The van der Waals surface area contributed by atoms with Gasteiger partial charge in [-0.05, 0) is 119 Å². The Hall–Kier alpha value is 2.25. The Balaban J connectivity index is -0.0000000883. The van der Waals surface area contributed by atoms with E-state index in [1.54, 1.807) is 48.2 Å². The van der Waals surface area contributed by atoms with E-state index in [9.17, 15) is 68.5 Å². The number of rotatable bonds is 60. The molecular weight excluding hydrogens is 2090 g/mol. The minimum absolute atomic E-state index is 0.296. The van der Waals surface area contributed by atoms with E-state index in [1.807, 2.05) is 48.5 Å². The first-order valence-electron chi connectivity index (χ1n) is 44.4. The normalized spacial score (nSPS) is 15.4. The molecule has 0 amide bonds. The molecule has 0 radical (unpaired) electrons. The molecule has 0 heterocycles. The summed E-state index contributed by atoms with van der Waals surface area (Å²) in [7, 11) is -35.3. The topological polar surface area (TPSA) is 599 Å². The lowest BCUT2D eigenvalue weighted by molar-refractivity contribution is 0.204. The lowest BCUT2D eigenvalue weighted by atomic mass is 10.4. The zero-order chi connectivity index (χ0) is 110. The van der Waals surface area contributed by atoms with Crippen LogP contribution in [0.15, 0.2) is 0 Å². The quantitative estimate of drug-likeness (QED) is 0.0243. The van der Waals surface area contributed by atoms with Crippen molar-refractivity contribution in [1.82, 2.24) is 0 Å². The van der Waals surface area contributed by atoms with E-state index in [4.69, 9.17) is 97.2 Å². The summed E-state index contributed by atoms with van der Waals surface area (Å²) in [5, 5.41) is 0. The van der Waals surface area contributed by atoms with Crippen molar-refractivity contribution < 1.29 is 206 Å². The monoisotopic (exact) mass is 2280 g/mol.